The SMILES string of the molecule is Cc1ncn(CC2CCN(C(=O)c3ccc4nccnc4c3)CC2)c(=O)c1C. The summed E-state index contributed by atoms with van der Waals surface area (Å²) in [6, 6.07) is 5.45. The van der Waals surface area contributed by atoms with Gasteiger partial charge in [0.2, 0.25) is 0 Å². The third kappa shape index (κ3) is 3.52. The molecule has 1 aromatic carbocycles. The zero-order chi connectivity index (χ0) is 19.7. The van der Waals surface area contributed by atoms with Crippen LogP contribution in [0.4, 0.5) is 0 Å². The van der Waals surface area contributed by atoms with Crippen molar-refractivity contribution in [1.29, 1.82) is 0 Å². The first-order valence-corrected chi connectivity index (χ1v) is 9.55. The average Bonchev–Trinajstić information content (AvgIpc) is 2.74. The molecule has 2 aromatic heterocycles. The Morgan fingerprint density at radius 1 is 1.07 bits per heavy atom. The molecule has 1 fully saturated rings. The number of nitrogens with zero attached hydrogens (tertiary/aromatic N) is 5. The molecule has 0 aliphatic carbocycles. The van der Waals surface area contributed by atoms with E-state index in [0.29, 0.717) is 36.7 Å². The van der Waals surface area contributed by atoms with E-state index in [1.54, 1.807) is 29.4 Å². The predicted octanol–water partition coefficient (Wildman–Crippen LogP) is 2.36. The van der Waals surface area contributed by atoms with Crippen molar-refractivity contribution in [3.8, 4) is 0 Å². The Kier molecular flexibility index (Phi) is 4.90. The minimum Gasteiger partial charge on any atom is -0.339 e. The molecule has 7 nitrogen and oxygen atoms in total. The van der Waals surface area contributed by atoms with E-state index >= 15 is 0 Å². The van der Waals surface area contributed by atoms with Gasteiger partial charge in [0.1, 0.15) is 0 Å². The summed E-state index contributed by atoms with van der Waals surface area (Å²) in [7, 11) is 0. The van der Waals surface area contributed by atoms with Crippen LogP contribution in [0.15, 0.2) is 41.7 Å². The number of hydrogen-bond donors (Lipinski definition) is 0. The van der Waals surface area contributed by atoms with Crippen molar-refractivity contribution >= 4 is 16.9 Å². The lowest BCUT2D eigenvalue weighted by Crippen LogP contribution is -2.40. The largest absolute Gasteiger partial charge is 0.339 e. The monoisotopic (exact) mass is 377 g/mol. The van der Waals surface area contributed by atoms with Crippen molar-refractivity contribution in [2.24, 2.45) is 5.92 Å². The highest BCUT2D eigenvalue weighted by Crippen LogP contribution is 2.21. The van der Waals surface area contributed by atoms with Gasteiger partial charge in [-0.15, -0.1) is 0 Å². The molecular weight excluding hydrogens is 354 g/mol. The van der Waals surface area contributed by atoms with Crippen LogP contribution in [-0.2, 0) is 6.54 Å². The highest BCUT2D eigenvalue weighted by Gasteiger charge is 2.24. The second kappa shape index (κ2) is 7.50. The maximum absolute atomic E-state index is 12.9. The Hall–Kier alpha value is -3.09. The molecule has 0 bridgehead atoms. The van der Waals surface area contributed by atoms with Gasteiger partial charge in [0.05, 0.1) is 17.4 Å². The number of piperidine rings is 1. The quantitative estimate of drug-likeness (QED) is 0.700. The van der Waals surface area contributed by atoms with Gasteiger partial charge in [-0.05, 0) is 50.8 Å². The zero-order valence-corrected chi connectivity index (χ0v) is 16.1. The summed E-state index contributed by atoms with van der Waals surface area (Å²) in [4.78, 5) is 39.9. The van der Waals surface area contributed by atoms with Gasteiger partial charge in [0.25, 0.3) is 11.5 Å². The molecule has 144 valence electrons. The third-order valence-electron chi connectivity index (χ3n) is 5.59. The van der Waals surface area contributed by atoms with E-state index in [9.17, 15) is 9.59 Å². The molecule has 0 N–H and O–H groups in total. The second-order valence-corrected chi connectivity index (χ2v) is 7.41. The van der Waals surface area contributed by atoms with Crippen molar-refractivity contribution < 1.29 is 4.79 Å². The summed E-state index contributed by atoms with van der Waals surface area (Å²) >= 11 is 0. The van der Waals surface area contributed by atoms with Gasteiger partial charge in [-0.25, -0.2) is 4.98 Å². The Bertz CT molecular complexity index is 1080. The van der Waals surface area contributed by atoms with Gasteiger partial charge >= 0.3 is 0 Å². The first-order valence-electron chi connectivity index (χ1n) is 9.55. The van der Waals surface area contributed by atoms with Crippen LogP contribution in [-0.4, -0.2) is 43.4 Å². The van der Waals surface area contributed by atoms with Crippen LogP contribution in [0.25, 0.3) is 11.0 Å². The van der Waals surface area contributed by atoms with Gasteiger partial charge < -0.3 is 4.90 Å². The predicted molar refractivity (Wildman–Crippen MR) is 106 cm³/mol. The van der Waals surface area contributed by atoms with Crippen molar-refractivity contribution in [1.82, 2.24) is 24.4 Å². The highest BCUT2D eigenvalue weighted by atomic mass is 16.2. The molecule has 1 saturated heterocycles. The maximum Gasteiger partial charge on any atom is 0.256 e. The summed E-state index contributed by atoms with van der Waals surface area (Å²) in [6.07, 6.45) is 6.66. The molecule has 0 saturated carbocycles. The van der Waals surface area contributed by atoms with Crippen molar-refractivity contribution in [3.05, 3.63) is 64.1 Å². The first-order chi connectivity index (χ1) is 13.5. The molecule has 0 atom stereocenters. The summed E-state index contributed by atoms with van der Waals surface area (Å²) in [5.41, 5.74) is 3.66. The number of fused-ring (bicyclic) bond motifs is 1. The molecule has 1 aliphatic rings. The van der Waals surface area contributed by atoms with E-state index in [1.165, 1.54) is 0 Å². The minimum absolute atomic E-state index is 0.0241. The van der Waals surface area contributed by atoms with Crippen LogP contribution in [0.1, 0.15) is 34.5 Å². The number of rotatable bonds is 3. The number of carbonyl (C=O) groups is 1. The highest BCUT2D eigenvalue weighted by molar-refractivity contribution is 5.97. The van der Waals surface area contributed by atoms with Crippen molar-refractivity contribution in [2.75, 3.05) is 13.1 Å². The molecular formula is C21H23N5O2. The first kappa shape index (κ1) is 18.3. The maximum atomic E-state index is 12.9. The standard InChI is InChI=1S/C21H23N5O2/c1-14-15(2)24-13-26(20(14)27)12-16-5-9-25(10-6-16)21(28)17-3-4-18-19(11-17)23-8-7-22-18/h3-4,7-8,11,13,16H,5-6,9-10,12H2,1-2H3. The van der Waals surface area contributed by atoms with Crippen molar-refractivity contribution in [3.63, 3.8) is 0 Å². The van der Waals surface area contributed by atoms with E-state index in [0.717, 1.165) is 29.6 Å². The second-order valence-electron chi connectivity index (χ2n) is 7.41. The van der Waals surface area contributed by atoms with Crippen LogP contribution >= 0.6 is 0 Å². The van der Waals surface area contributed by atoms with Crippen LogP contribution < -0.4 is 5.56 Å². The van der Waals surface area contributed by atoms with Gasteiger partial charge in [-0.3, -0.25) is 24.1 Å². The Morgan fingerprint density at radius 2 is 1.79 bits per heavy atom. The fraction of sp³-hybridized carbons (Fsp3) is 0.381. The van der Waals surface area contributed by atoms with Crippen LogP contribution in [0, 0.1) is 19.8 Å². The number of hydrogen-bond acceptors (Lipinski definition) is 5. The molecule has 28 heavy (non-hydrogen) atoms. The Morgan fingerprint density at radius 3 is 2.54 bits per heavy atom. The van der Waals surface area contributed by atoms with E-state index in [4.69, 9.17) is 0 Å². The van der Waals surface area contributed by atoms with E-state index in [1.807, 2.05) is 30.9 Å². The van der Waals surface area contributed by atoms with E-state index < -0.39 is 0 Å². The molecule has 1 amide bonds. The normalized spacial score (nSPS) is 15.1. The summed E-state index contributed by atoms with van der Waals surface area (Å²) < 4.78 is 1.70. The van der Waals surface area contributed by atoms with Gasteiger partial charge in [-0.1, -0.05) is 0 Å². The van der Waals surface area contributed by atoms with Crippen LogP contribution in [0.5, 0.6) is 0 Å². The van der Waals surface area contributed by atoms with Crippen LogP contribution in [0.3, 0.4) is 0 Å². The lowest BCUT2D eigenvalue weighted by Gasteiger charge is -2.32. The zero-order valence-electron chi connectivity index (χ0n) is 16.1. The number of carbonyl (C=O) groups excluding carboxylic acids is 1. The van der Waals surface area contributed by atoms with E-state index in [2.05, 4.69) is 15.0 Å². The molecule has 3 heterocycles. The lowest BCUT2D eigenvalue weighted by molar-refractivity contribution is 0.0682. The number of benzene rings is 1. The van der Waals surface area contributed by atoms with Crippen molar-refractivity contribution in [2.45, 2.75) is 33.2 Å². The Labute approximate surface area is 163 Å². The molecule has 0 unspecified atom stereocenters. The summed E-state index contributed by atoms with van der Waals surface area (Å²) in [5.74, 6) is 0.393. The molecule has 0 radical (unpaired) electrons. The fourth-order valence-electron chi connectivity index (χ4n) is 3.68. The Balaban J connectivity index is 1.41. The number of likely N-dealkylation sites (tertiary alicyclic amines) is 1. The smallest absolute Gasteiger partial charge is 0.256 e. The fourth-order valence-corrected chi connectivity index (χ4v) is 3.68. The molecule has 1 aliphatic heterocycles. The molecule has 4 rings (SSSR count). The minimum atomic E-state index is 0.0241. The van der Waals surface area contributed by atoms with Gasteiger partial charge in [0, 0.05) is 48.8 Å². The number of aryl methyl sites for hydroxylation is 1. The molecule has 3 aromatic rings. The number of aromatic nitrogens is 4. The third-order valence-corrected chi connectivity index (χ3v) is 5.59. The topological polar surface area (TPSA) is 81.0 Å². The summed E-state index contributed by atoms with van der Waals surface area (Å²) in [5, 5.41) is 0. The number of amides is 1. The summed E-state index contributed by atoms with van der Waals surface area (Å²) in [6.45, 7) is 5.70. The molecule has 7 heteroatoms. The van der Waals surface area contributed by atoms with Gasteiger partial charge in [0.15, 0.2) is 0 Å². The average molecular weight is 377 g/mol. The molecule has 0 spiro atoms. The van der Waals surface area contributed by atoms with E-state index in [-0.39, 0.29) is 11.5 Å². The van der Waals surface area contributed by atoms with Gasteiger partial charge in [-0.2, -0.15) is 0 Å². The van der Waals surface area contributed by atoms with Crippen LogP contribution in [0.2, 0.25) is 0 Å². The lowest BCUT2D eigenvalue weighted by atomic mass is 9.96.